The van der Waals surface area contributed by atoms with Gasteiger partial charge in [0.05, 0.1) is 28.8 Å². The minimum atomic E-state index is -4.59. The number of rotatable bonds is 5. The van der Waals surface area contributed by atoms with Crippen molar-refractivity contribution in [3.8, 4) is 11.1 Å². The van der Waals surface area contributed by atoms with E-state index >= 15 is 8.78 Å². The highest BCUT2D eigenvalue weighted by Crippen LogP contribution is 2.52. The van der Waals surface area contributed by atoms with Crippen molar-refractivity contribution >= 4 is 5.91 Å². The molecule has 0 spiro atoms. The molecule has 1 aromatic heterocycles. The topological polar surface area (TPSA) is 66.1 Å². The van der Waals surface area contributed by atoms with Crippen LogP contribution in [0.1, 0.15) is 53.0 Å². The van der Waals surface area contributed by atoms with Gasteiger partial charge in [-0.2, -0.15) is 22.0 Å². The largest absolute Gasteiger partial charge is 0.416 e. The molecule has 1 N–H and O–H groups in total. The number of aromatic amines is 1. The van der Waals surface area contributed by atoms with Crippen LogP contribution in [0, 0.1) is 0 Å². The van der Waals surface area contributed by atoms with E-state index in [2.05, 4.69) is 4.98 Å². The fraction of sp³-hybridized carbons (Fsp3) is 0.281. The molecular formula is C32H26F5N3O2. The Bertz CT molecular complexity index is 1710. The van der Waals surface area contributed by atoms with Crippen molar-refractivity contribution in [2.24, 2.45) is 0 Å². The second kappa shape index (κ2) is 10.2. The fourth-order valence-electron chi connectivity index (χ4n) is 5.66. The van der Waals surface area contributed by atoms with Crippen molar-refractivity contribution < 1.29 is 26.7 Å². The van der Waals surface area contributed by atoms with Gasteiger partial charge in [0.25, 0.3) is 11.5 Å². The maximum absolute atomic E-state index is 15.7. The smallest absolute Gasteiger partial charge is 0.333 e. The number of hydrogen-bond acceptors (Lipinski definition) is 3. The lowest BCUT2D eigenvalue weighted by atomic mass is 9.94. The van der Waals surface area contributed by atoms with Crippen LogP contribution in [0.4, 0.5) is 22.0 Å². The molecule has 0 unspecified atom stereocenters. The van der Waals surface area contributed by atoms with Gasteiger partial charge in [0, 0.05) is 12.1 Å². The Labute approximate surface area is 238 Å². The van der Waals surface area contributed by atoms with Crippen LogP contribution in [-0.2, 0) is 35.3 Å². The summed E-state index contributed by atoms with van der Waals surface area (Å²) in [7, 11) is 0. The zero-order valence-electron chi connectivity index (χ0n) is 22.3. The summed E-state index contributed by atoms with van der Waals surface area (Å²) in [4.78, 5) is 35.1. The number of halogens is 5. The number of nitrogens with one attached hydrogen (secondary N) is 1. The van der Waals surface area contributed by atoms with E-state index in [-0.39, 0.29) is 35.2 Å². The summed E-state index contributed by atoms with van der Waals surface area (Å²) in [5.74, 6) is -4.91. The number of carbonyl (C=O) groups is 1. The van der Waals surface area contributed by atoms with Crippen molar-refractivity contribution in [2.45, 2.75) is 49.7 Å². The zero-order valence-corrected chi connectivity index (χ0v) is 22.3. The molecule has 1 aliphatic heterocycles. The Morgan fingerprint density at radius 2 is 1.50 bits per heavy atom. The van der Waals surface area contributed by atoms with Crippen LogP contribution in [0.25, 0.3) is 11.1 Å². The lowest BCUT2D eigenvalue weighted by molar-refractivity contribution is -0.159. The molecule has 2 heterocycles. The number of hydrogen-bond donors (Lipinski definition) is 1. The normalized spacial score (nSPS) is 16.5. The highest BCUT2D eigenvalue weighted by Gasteiger charge is 2.49. The number of aryl methyl sites for hydroxylation is 1. The molecule has 5 nitrogen and oxygen atoms in total. The Kier molecular flexibility index (Phi) is 6.74. The van der Waals surface area contributed by atoms with Crippen LogP contribution < -0.4 is 5.56 Å². The number of aromatic nitrogens is 2. The van der Waals surface area contributed by atoms with E-state index in [1.165, 1.54) is 24.3 Å². The van der Waals surface area contributed by atoms with Gasteiger partial charge in [-0.1, -0.05) is 60.7 Å². The lowest BCUT2D eigenvalue weighted by Gasteiger charge is -2.26. The molecule has 0 radical (unpaired) electrons. The number of nitrogens with zero attached hydrogens (tertiary/aromatic N) is 2. The molecule has 1 fully saturated rings. The molecule has 3 aromatic carbocycles. The van der Waals surface area contributed by atoms with Gasteiger partial charge in [0.15, 0.2) is 0 Å². The molecule has 10 heteroatoms. The minimum Gasteiger partial charge on any atom is -0.333 e. The van der Waals surface area contributed by atoms with Crippen molar-refractivity contribution in [3.05, 3.63) is 123 Å². The highest BCUT2D eigenvalue weighted by atomic mass is 19.4. The Balaban J connectivity index is 1.27. The summed E-state index contributed by atoms with van der Waals surface area (Å²) >= 11 is 0. The molecule has 1 saturated carbocycles. The summed E-state index contributed by atoms with van der Waals surface area (Å²) in [5, 5.41) is 0. The van der Waals surface area contributed by atoms with Crippen LogP contribution in [-0.4, -0.2) is 27.3 Å². The number of H-pyrrole nitrogens is 1. The number of alkyl halides is 5. The molecule has 42 heavy (non-hydrogen) atoms. The molecule has 2 aliphatic rings. The maximum Gasteiger partial charge on any atom is 0.416 e. The molecule has 1 aliphatic carbocycles. The van der Waals surface area contributed by atoms with Crippen molar-refractivity contribution in [2.75, 3.05) is 6.54 Å². The van der Waals surface area contributed by atoms with Crippen LogP contribution in [0.2, 0.25) is 0 Å². The second-order valence-corrected chi connectivity index (χ2v) is 10.9. The maximum atomic E-state index is 15.7. The number of carbonyl (C=O) groups excluding carboxylic acids is 1. The summed E-state index contributed by atoms with van der Waals surface area (Å²) < 4.78 is 70.9. The van der Waals surface area contributed by atoms with Crippen molar-refractivity contribution in [1.29, 1.82) is 0 Å². The molecule has 6 rings (SSSR count). The SMILES string of the molecule is O=C(N1CCCc2nc(C3(c4ccccc4)CC3)[nH]c(=O)c2C1)C(F)(F)c1cccc(-c2cccc(C(F)(F)F)c2)c1. The van der Waals surface area contributed by atoms with Gasteiger partial charge in [-0.05, 0) is 60.6 Å². The summed E-state index contributed by atoms with van der Waals surface area (Å²) in [5.41, 5.74) is -0.443. The van der Waals surface area contributed by atoms with E-state index in [1.807, 2.05) is 30.3 Å². The number of benzene rings is 3. The van der Waals surface area contributed by atoms with Gasteiger partial charge < -0.3 is 9.88 Å². The quantitative estimate of drug-likeness (QED) is 0.271. The van der Waals surface area contributed by atoms with E-state index in [0.29, 0.717) is 24.4 Å². The van der Waals surface area contributed by atoms with E-state index in [9.17, 15) is 22.8 Å². The van der Waals surface area contributed by atoms with Crippen LogP contribution in [0.15, 0.2) is 83.7 Å². The van der Waals surface area contributed by atoms with Gasteiger partial charge in [-0.25, -0.2) is 4.98 Å². The highest BCUT2D eigenvalue weighted by molar-refractivity contribution is 5.85. The standard InChI is InChI=1S/C32H26F5N3O2/c33-31(34,23-11-4-7-20(17-23)21-8-5-12-24(18-21)32(35,36)37)29(42)40-16-6-13-26-25(19-40)27(41)39-28(38-26)30(14-15-30)22-9-2-1-3-10-22/h1-5,7-12,17-18H,6,13-16,19H2,(H,38,39,41). The van der Waals surface area contributed by atoms with Gasteiger partial charge in [-0.15, -0.1) is 0 Å². The Morgan fingerprint density at radius 3 is 2.14 bits per heavy atom. The molecule has 0 atom stereocenters. The summed E-state index contributed by atoms with van der Waals surface area (Å²) in [6.07, 6.45) is -2.24. The molecule has 4 aromatic rings. The van der Waals surface area contributed by atoms with E-state index in [0.717, 1.165) is 47.6 Å². The minimum absolute atomic E-state index is 0.00327. The molecule has 0 bridgehead atoms. The summed E-state index contributed by atoms with van der Waals surface area (Å²) in [6, 6.07) is 18.9. The van der Waals surface area contributed by atoms with Crippen LogP contribution in [0.3, 0.4) is 0 Å². The first-order valence-corrected chi connectivity index (χ1v) is 13.6. The molecular weight excluding hydrogens is 553 g/mol. The number of amides is 1. The second-order valence-electron chi connectivity index (χ2n) is 10.9. The monoisotopic (exact) mass is 579 g/mol. The molecule has 1 amide bonds. The average Bonchev–Trinajstić information content (AvgIpc) is 3.82. The zero-order chi connectivity index (χ0) is 29.7. The fourth-order valence-corrected chi connectivity index (χ4v) is 5.66. The summed E-state index contributed by atoms with van der Waals surface area (Å²) in [6.45, 7) is -0.325. The first-order valence-electron chi connectivity index (χ1n) is 13.6. The predicted molar refractivity (Wildman–Crippen MR) is 146 cm³/mol. The molecule has 216 valence electrons. The van der Waals surface area contributed by atoms with E-state index in [4.69, 9.17) is 4.98 Å². The number of fused-ring (bicyclic) bond motifs is 1. The van der Waals surface area contributed by atoms with Crippen LogP contribution in [0.5, 0.6) is 0 Å². The predicted octanol–water partition coefficient (Wildman–Crippen LogP) is 6.60. The Hall–Kier alpha value is -4.34. The molecule has 0 saturated heterocycles. The third-order valence-corrected chi connectivity index (χ3v) is 8.13. The van der Waals surface area contributed by atoms with Gasteiger partial charge in [-0.3, -0.25) is 9.59 Å². The first-order chi connectivity index (χ1) is 20.0. The van der Waals surface area contributed by atoms with Crippen molar-refractivity contribution in [1.82, 2.24) is 14.9 Å². The van der Waals surface area contributed by atoms with Gasteiger partial charge in [0.1, 0.15) is 5.82 Å². The van der Waals surface area contributed by atoms with Gasteiger partial charge in [0.2, 0.25) is 0 Å². The average molecular weight is 580 g/mol. The lowest BCUT2D eigenvalue weighted by Crippen LogP contribution is -2.42. The Morgan fingerprint density at radius 1 is 0.857 bits per heavy atom. The third kappa shape index (κ3) is 4.99. The van der Waals surface area contributed by atoms with Gasteiger partial charge >= 0.3 is 12.1 Å². The third-order valence-electron chi connectivity index (χ3n) is 8.13. The van der Waals surface area contributed by atoms with Crippen molar-refractivity contribution in [3.63, 3.8) is 0 Å². The van der Waals surface area contributed by atoms with E-state index < -0.39 is 34.7 Å². The van der Waals surface area contributed by atoms with E-state index in [1.54, 1.807) is 0 Å². The van der Waals surface area contributed by atoms with Crippen LogP contribution >= 0.6 is 0 Å². The first kappa shape index (κ1) is 27.8.